The van der Waals surface area contributed by atoms with Gasteiger partial charge in [0.2, 0.25) is 0 Å². The molecule has 2 N–H and O–H groups in total. The van der Waals surface area contributed by atoms with Crippen LogP contribution in [0.3, 0.4) is 0 Å². The highest BCUT2D eigenvalue weighted by atomic mass is 16.4. The standard InChI is InChI=1S/C9H8N2O3/c12-8-6-14-9(13)11(8)10-7-4-2-1-3-5-7/h1-6,10,12H. The number of nitrogens with zero attached hydrogens (tertiary/aromatic N) is 1. The monoisotopic (exact) mass is 192 g/mol. The van der Waals surface area contributed by atoms with Crippen molar-refractivity contribution in [1.82, 2.24) is 4.68 Å². The van der Waals surface area contributed by atoms with Crippen molar-refractivity contribution in [2.45, 2.75) is 0 Å². The van der Waals surface area contributed by atoms with Gasteiger partial charge in [0.15, 0.2) is 6.26 Å². The number of hydrogen-bond acceptors (Lipinski definition) is 4. The van der Waals surface area contributed by atoms with E-state index in [1.54, 1.807) is 12.1 Å². The second-order valence-electron chi connectivity index (χ2n) is 2.67. The van der Waals surface area contributed by atoms with E-state index in [1.165, 1.54) is 0 Å². The van der Waals surface area contributed by atoms with Crippen LogP contribution < -0.4 is 11.2 Å². The van der Waals surface area contributed by atoms with Gasteiger partial charge in [-0.05, 0) is 12.1 Å². The number of aromatic hydroxyl groups is 1. The van der Waals surface area contributed by atoms with Gasteiger partial charge in [0, 0.05) is 0 Å². The van der Waals surface area contributed by atoms with E-state index < -0.39 is 5.76 Å². The Morgan fingerprint density at radius 1 is 1.29 bits per heavy atom. The van der Waals surface area contributed by atoms with Crippen LogP contribution in [0.4, 0.5) is 5.69 Å². The van der Waals surface area contributed by atoms with E-state index >= 15 is 0 Å². The number of oxazole rings is 1. The fraction of sp³-hybridized carbons (Fsp3) is 0. The summed E-state index contributed by atoms with van der Waals surface area (Å²) in [5.41, 5.74) is 3.37. The molecule has 0 atom stereocenters. The topological polar surface area (TPSA) is 67.4 Å². The van der Waals surface area contributed by atoms with Gasteiger partial charge in [-0.3, -0.25) is 5.43 Å². The van der Waals surface area contributed by atoms with Gasteiger partial charge in [0.05, 0.1) is 5.69 Å². The third-order valence-corrected chi connectivity index (χ3v) is 1.69. The fourth-order valence-electron chi connectivity index (χ4n) is 1.05. The van der Waals surface area contributed by atoms with Gasteiger partial charge in [0.25, 0.3) is 5.88 Å². The van der Waals surface area contributed by atoms with Gasteiger partial charge in [-0.15, -0.1) is 0 Å². The molecule has 5 heteroatoms. The zero-order valence-electron chi connectivity index (χ0n) is 7.18. The van der Waals surface area contributed by atoms with Gasteiger partial charge in [-0.25, -0.2) is 4.79 Å². The quantitative estimate of drug-likeness (QED) is 0.745. The molecule has 0 spiro atoms. The minimum absolute atomic E-state index is 0.265. The molecule has 0 aliphatic rings. The van der Waals surface area contributed by atoms with Gasteiger partial charge < -0.3 is 9.52 Å². The molecular weight excluding hydrogens is 184 g/mol. The number of hydrogen-bond donors (Lipinski definition) is 2. The maximum atomic E-state index is 11.0. The molecule has 0 amide bonds. The average Bonchev–Trinajstić information content (AvgIpc) is 2.51. The van der Waals surface area contributed by atoms with Crippen LogP contribution in [-0.4, -0.2) is 9.78 Å². The highest BCUT2D eigenvalue weighted by molar-refractivity contribution is 5.42. The SMILES string of the molecule is O=c1occ(O)n1Nc1ccccc1. The second-order valence-corrected chi connectivity index (χ2v) is 2.67. The highest BCUT2D eigenvalue weighted by Gasteiger charge is 2.05. The van der Waals surface area contributed by atoms with E-state index in [-0.39, 0.29) is 5.88 Å². The lowest BCUT2D eigenvalue weighted by molar-refractivity contribution is 0.433. The number of benzene rings is 1. The summed E-state index contributed by atoms with van der Waals surface area (Å²) in [6, 6.07) is 9.00. The minimum atomic E-state index is -0.661. The number of rotatable bonds is 2. The highest BCUT2D eigenvalue weighted by Crippen LogP contribution is 2.09. The third kappa shape index (κ3) is 1.47. The molecule has 0 aliphatic heterocycles. The maximum Gasteiger partial charge on any atom is 0.441 e. The summed E-state index contributed by atoms with van der Waals surface area (Å²) in [6.07, 6.45) is 0.971. The number of para-hydroxylation sites is 1. The summed E-state index contributed by atoms with van der Waals surface area (Å²) >= 11 is 0. The summed E-state index contributed by atoms with van der Waals surface area (Å²) in [5, 5.41) is 9.20. The fourth-order valence-corrected chi connectivity index (χ4v) is 1.05. The Balaban J connectivity index is 2.32. The van der Waals surface area contributed by atoms with Crippen LogP contribution >= 0.6 is 0 Å². The first-order valence-electron chi connectivity index (χ1n) is 3.99. The Morgan fingerprint density at radius 3 is 2.57 bits per heavy atom. The molecule has 14 heavy (non-hydrogen) atoms. The van der Waals surface area contributed by atoms with Crippen LogP contribution in [0.15, 0.2) is 45.8 Å². The Kier molecular flexibility index (Phi) is 1.98. The van der Waals surface area contributed by atoms with E-state index in [2.05, 4.69) is 9.84 Å². The average molecular weight is 192 g/mol. The summed E-state index contributed by atoms with van der Waals surface area (Å²) < 4.78 is 5.37. The van der Waals surface area contributed by atoms with Gasteiger partial charge in [-0.1, -0.05) is 18.2 Å². The molecular formula is C9H8N2O3. The lowest BCUT2D eigenvalue weighted by Crippen LogP contribution is -2.21. The molecule has 1 aromatic carbocycles. The van der Waals surface area contributed by atoms with Crippen LogP contribution in [0.2, 0.25) is 0 Å². The van der Waals surface area contributed by atoms with Crippen molar-refractivity contribution in [1.29, 1.82) is 0 Å². The molecule has 0 bridgehead atoms. The van der Waals surface area contributed by atoms with Crippen molar-refractivity contribution >= 4 is 5.69 Å². The number of aromatic nitrogens is 1. The van der Waals surface area contributed by atoms with Crippen molar-refractivity contribution in [2.24, 2.45) is 0 Å². The van der Waals surface area contributed by atoms with Gasteiger partial charge in [0.1, 0.15) is 0 Å². The second kappa shape index (κ2) is 3.29. The first-order valence-corrected chi connectivity index (χ1v) is 3.99. The molecule has 0 fully saturated rings. The van der Waals surface area contributed by atoms with Crippen LogP contribution in [-0.2, 0) is 0 Å². The minimum Gasteiger partial charge on any atom is -0.491 e. The zero-order chi connectivity index (χ0) is 9.97. The van der Waals surface area contributed by atoms with Crippen LogP contribution in [0.25, 0.3) is 0 Å². The van der Waals surface area contributed by atoms with Crippen molar-refractivity contribution < 1.29 is 9.52 Å². The Bertz CT molecular complexity index is 472. The maximum absolute atomic E-state index is 11.0. The predicted molar refractivity (Wildman–Crippen MR) is 50.1 cm³/mol. The first-order chi connectivity index (χ1) is 6.77. The predicted octanol–water partition coefficient (Wildman–Crippen LogP) is 1.02. The van der Waals surface area contributed by atoms with Crippen molar-refractivity contribution in [3.8, 4) is 5.88 Å². The van der Waals surface area contributed by atoms with Gasteiger partial charge in [-0.2, -0.15) is 4.68 Å². The van der Waals surface area contributed by atoms with Crippen molar-refractivity contribution in [3.63, 3.8) is 0 Å². The summed E-state index contributed by atoms with van der Waals surface area (Å²) in [6.45, 7) is 0. The normalized spacial score (nSPS) is 10.0. The smallest absolute Gasteiger partial charge is 0.441 e. The molecule has 72 valence electrons. The van der Waals surface area contributed by atoms with Crippen molar-refractivity contribution in [2.75, 3.05) is 5.43 Å². The molecule has 0 unspecified atom stereocenters. The van der Waals surface area contributed by atoms with E-state index in [9.17, 15) is 9.90 Å². The molecule has 1 aromatic heterocycles. The molecule has 0 radical (unpaired) electrons. The van der Waals surface area contributed by atoms with E-state index in [4.69, 9.17) is 0 Å². The Morgan fingerprint density at radius 2 is 2.00 bits per heavy atom. The molecule has 0 aliphatic carbocycles. The molecule has 1 heterocycles. The Hall–Kier alpha value is -2.17. The lowest BCUT2D eigenvalue weighted by atomic mass is 10.3. The third-order valence-electron chi connectivity index (χ3n) is 1.69. The first kappa shape index (κ1) is 8.43. The Labute approximate surface area is 79.2 Å². The molecule has 5 nitrogen and oxygen atoms in total. The number of nitrogens with one attached hydrogen (secondary N) is 1. The zero-order valence-corrected chi connectivity index (χ0v) is 7.18. The van der Waals surface area contributed by atoms with Crippen LogP contribution in [0.5, 0.6) is 5.88 Å². The van der Waals surface area contributed by atoms with E-state index in [0.29, 0.717) is 5.69 Å². The molecule has 0 saturated carbocycles. The largest absolute Gasteiger partial charge is 0.491 e. The summed E-state index contributed by atoms with van der Waals surface area (Å²) in [4.78, 5) is 11.0. The molecule has 0 saturated heterocycles. The van der Waals surface area contributed by atoms with E-state index in [1.807, 2.05) is 18.2 Å². The van der Waals surface area contributed by atoms with E-state index in [0.717, 1.165) is 10.9 Å². The number of anilines is 1. The molecule has 2 rings (SSSR count). The summed E-state index contributed by atoms with van der Waals surface area (Å²) in [7, 11) is 0. The van der Waals surface area contributed by atoms with Crippen LogP contribution in [0, 0.1) is 0 Å². The lowest BCUT2D eigenvalue weighted by Gasteiger charge is -2.04. The van der Waals surface area contributed by atoms with Gasteiger partial charge >= 0.3 is 5.76 Å². The van der Waals surface area contributed by atoms with Crippen molar-refractivity contribution in [3.05, 3.63) is 47.1 Å². The summed E-state index contributed by atoms with van der Waals surface area (Å²) in [5.74, 6) is -0.926. The van der Waals surface area contributed by atoms with Crippen LogP contribution in [0.1, 0.15) is 0 Å². The molecule has 2 aromatic rings.